The van der Waals surface area contributed by atoms with Gasteiger partial charge >= 0.3 is 6.03 Å². The summed E-state index contributed by atoms with van der Waals surface area (Å²) in [6.07, 6.45) is 0. The summed E-state index contributed by atoms with van der Waals surface area (Å²) in [7, 11) is 1.59. The Hall–Kier alpha value is -2.37. The van der Waals surface area contributed by atoms with Gasteiger partial charge in [0, 0.05) is 12.4 Å². The number of rotatable bonds is 2. The minimum atomic E-state index is -0.542. The molecule has 1 atom stereocenters. The van der Waals surface area contributed by atoms with Crippen molar-refractivity contribution < 1.29 is 4.79 Å². The summed E-state index contributed by atoms with van der Waals surface area (Å²) in [4.78, 5) is 24.2. The quantitative estimate of drug-likeness (QED) is 0.827. The Morgan fingerprint density at radius 3 is 2.61 bits per heavy atom. The summed E-state index contributed by atoms with van der Waals surface area (Å²) in [6.45, 7) is 1.80. The van der Waals surface area contributed by atoms with Gasteiger partial charge in [-0.2, -0.15) is 5.10 Å². The molecule has 0 saturated heterocycles. The minimum absolute atomic E-state index is 0.247. The van der Waals surface area contributed by atoms with Crippen LogP contribution in [0.3, 0.4) is 0 Å². The Balaban J connectivity index is 2.62. The molecule has 2 amide bonds. The van der Waals surface area contributed by atoms with Gasteiger partial charge in [-0.3, -0.25) is 4.79 Å². The number of fused-ring (bicyclic) bond motifs is 1. The molecule has 6 nitrogen and oxygen atoms in total. The van der Waals surface area contributed by atoms with E-state index in [1.165, 1.54) is 4.90 Å². The molecule has 0 bridgehead atoms. The molecule has 0 aliphatic heterocycles. The lowest BCUT2D eigenvalue weighted by Crippen LogP contribution is -2.35. The molecule has 0 saturated carbocycles. The molecule has 18 heavy (non-hydrogen) atoms. The number of urea groups is 1. The van der Waals surface area contributed by atoms with E-state index in [0.29, 0.717) is 11.1 Å². The molecule has 2 aromatic rings. The number of carbonyl (C=O) groups is 1. The lowest BCUT2D eigenvalue weighted by Gasteiger charge is -2.22. The molecule has 0 radical (unpaired) electrons. The second kappa shape index (κ2) is 4.48. The Labute approximate surface area is 103 Å². The zero-order valence-electron chi connectivity index (χ0n) is 10.2. The average Bonchev–Trinajstić information content (AvgIpc) is 2.38. The van der Waals surface area contributed by atoms with E-state index in [1.54, 1.807) is 32.2 Å². The summed E-state index contributed by atoms with van der Waals surface area (Å²) >= 11 is 0. The number of aromatic amines is 1. The lowest BCUT2D eigenvalue weighted by atomic mass is 10.1. The fourth-order valence-corrected chi connectivity index (χ4v) is 1.83. The monoisotopic (exact) mass is 246 g/mol. The number of benzene rings is 1. The molecule has 1 heterocycles. The van der Waals surface area contributed by atoms with Crippen molar-refractivity contribution in [3.63, 3.8) is 0 Å². The molecule has 0 spiro atoms. The first-order chi connectivity index (χ1) is 8.52. The van der Waals surface area contributed by atoms with Gasteiger partial charge in [-0.1, -0.05) is 18.2 Å². The number of hydrogen-bond acceptors (Lipinski definition) is 3. The summed E-state index contributed by atoms with van der Waals surface area (Å²) in [5, 5.41) is 7.73. The van der Waals surface area contributed by atoms with Gasteiger partial charge in [0.1, 0.15) is 0 Å². The highest BCUT2D eigenvalue weighted by Gasteiger charge is 2.19. The number of carbonyl (C=O) groups excluding carboxylic acids is 1. The van der Waals surface area contributed by atoms with Gasteiger partial charge in [0.2, 0.25) is 0 Å². The van der Waals surface area contributed by atoms with Crippen molar-refractivity contribution in [1.29, 1.82) is 0 Å². The molecule has 2 rings (SSSR count). The normalized spacial score (nSPS) is 12.3. The van der Waals surface area contributed by atoms with Crippen LogP contribution < -0.4 is 11.3 Å². The molecule has 6 heteroatoms. The number of hydrogen-bond donors (Lipinski definition) is 2. The molecule has 0 aliphatic carbocycles. The van der Waals surface area contributed by atoms with Gasteiger partial charge in [-0.25, -0.2) is 9.89 Å². The van der Waals surface area contributed by atoms with E-state index in [1.807, 2.05) is 6.07 Å². The summed E-state index contributed by atoms with van der Waals surface area (Å²) < 4.78 is 0. The van der Waals surface area contributed by atoms with Crippen molar-refractivity contribution in [3.05, 3.63) is 40.3 Å². The predicted molar refractivity (Wildman–Crippen MR) is 68.1 cm³/mol. The van der Waals surface area contributed by atoms with E-state index < -0.39 is 6.03 Å². The molecule has 3 N–H and O–H groups in total. The maximum absolute atomic E-state index is 11.6. The molecule has 1 aromatic carbocycles. The number of nitrogens with zero attached hydrogens (tertiary/aromatic N) is 2. The average molecular weight is 246 g/mol. The maximum Gasteiger partial charge on any atom is 0.315 e. The van der Waals surface area contributed by atoms with Gasteiger partial charge in [-0.15, -0.1) is 0 Å². The Morgan fingerprint density at radius 2 is 2.00 bits per heavy atom. The number of primary amides is 1. The van der Waals surface area contributed by atoms with Crippen LogP contribution in [0.2, 0.25) is 0 Å². The van der Waals surface area contributed by atoms with Crippen LogP contribution in [0.4, 0.5) is 4.79 Å². The fourth-order valence-electron chi connectivity index (χ4n) is 1.83. The first-order valence-electron chi connectivity index (χ1n) is 5.52. The first-order valence-corrected chi connectivity index (χ1v) is 5.52. The highest BCUT2D eigenvalue weighted by molar-refractivity contribution is 5.84. The van der Waals surface area contributed by atoms with E-state index in [9.17, 15) is 9.59 Å². The van der Waals surface area contributed by atoms with E-state index in [0.717, 1.165) is 5.39 Å². The third kappa shape index (κ3) is 1.92. The molecular formula is C12H14N4O2. The Kier molecular flexibility index (Phi) is 3.01. The van der Waals surface area contributed by atoms with Crippen LogP contribution >= 0.6 is 0 Å². The highest BCUT2D eigenvalue weighted by Crippen LogP contribution is 2.22. The van der Waals surface area contributed by atoms with E-state index >= 15 is 0 Å². The molecule has 0 aliphatic rings. The number of H-pyrrole nitrogens is 1. The van der Waals surface area contributed by atoms with Crippen LogP contribution in [0.25, 0.3) is 10.8 Å². The van der Waals surface area contributed by atoms with E-state index in [-0.39, 0.29) is 11.6 Å². The van der Waals surface area contributed by atoms with E-state index in [2.05, 4.69) is 10.2 Å². The van der Waals surface area contributed by atoms with Gasteiger partial charge < -0.3 is 10.6 Å². The largest absolute Gasteiger partial charge is 0.351 e. The van der Waals surface area contributed by atoms with Crippen molar-refractivity contribution in [2.75, 3.05) is 7.05 Å². The number of aromatic nitrogens is 2. The van der Waals surface area contributed by atoms with Crippen molar-refractivity contribution in [2.45, 2.75) is 13.0 Å². The van der Waals surface area contributed by atoms with Crippen molar-refractivity contribution in [2.24, 2.45) is 5.73 Å². The highest BCUT2D eigenvalue weighted by atomic mass is 16.2. The lowest BCUT2D eigenvalue weighted by molar-refractivity contribution is 0.203. The third-order valence-electron chi connectivity index (χ3n) is 3.05. The van der Waals surface area contributed by atoms with Crippen molar-refractivity contribution in [1.82, 2.24) is 15.1 Å². The SMILES string of the molecule is CC(c1n[nH]c(=O)c2ccccc12)N(C)C(N)=O. The zero-order valence-corrected chi connectivity index (χ0v) is 10.2. The zero-order chi connectivity index (χ0) is 13.3. The molecule has 1 unspecified atom stereocenters. The molecule has 1 aromatic heterocycles. The van der Waals surface area contributed by atoms with Gasteiger partial charge in [-0.05, 0) is 13.0 Å². The number of amides is 2. The van der Waals surface area contributed by atoms with Crippen LogP contribution in [-0.2, 0) is 0 Å². The maximum atomic E-state index is 11.6. The van der Waals surface area contributed by atoms with Crippen LogP contribution in [0, 0.1) is 0 Å². The summed E-state index contributed by atoms with van der Waals surface area (Å²) in [5.74, 6) is 0. The second-order valence-electron chi connectivity index (χ2n) is 4.11. The fraction of sp³-hybridized carbons (Fsp3) is 0.250. The van der Waals surface area contributed by atoms with Crippen molar-refractivity contribution >= 4 is 16.8 Å². The van der Waals surface area contributed by atoms with Crippen LogP contribution in [0.1, 0.15) is 18.7 Å². The summed E-state index contributed by atoms with van der Waals surface area (Å²) in [5.41, 5.74) is 5.61. The Bertz CT molecular complexity index is 650. The predicted octanol–water partition coefficient (Wildman–Crippen LogP) is 0.995. The van der Waals surface area contributed by atoms with Crippen molar-refractivity contribution in [3.8, 4) is 0 Å². The minimum Gasteiger partial charge on any atom is -0.351 e. The third-order valence-corrected chi connectivity index (χ3v) is 3.05. The Morgan fingerprint density at radius 1 is 1.39 bits per heavy atom. The van der Waals surface area contributed by atoms with Crippen LogP contribution in [0.5, 0.6) is 0 Å². The van der Waals surface area contributed by atoms with E-state index in [4.69, 9.17) is 5.73 Å². The van der Waals surface area contributed by atoms with Crippen LogP contribution in [0.15, 0.2) is 29.1 Å². The van der Waals surface area contributed by atoms with Gasteiger partial charge in [0.15, 0.2) is 0 Å². The molecule has 94 valence electrons. The molecular weight excluding hydrogens is 232 g/mol. The van der Waals surface area contributed by atoms with Gasteiger partial charge in [0.05, 0.1) is 17.1 Å². The smallest absolute Gasteiger partial charge is 0.315 e. The first kappa shape index (κ1) is 12.1. The summed E-state index contributed by atoms with van der Waals surface area (Å²) in [6, 6.07) is 6.27. The van der Waals surface area contributed by atoms with Gasteiger partial charge in [0.25, 0.3) is 5.56 Å². The number of nitrogens with one attached hydrogen (secondary N) is 1. The number of nitrogens with two attached hydrogens (primary N) is 1. The van der Waals surface area contributed by atoms with Crippen LogP contribution in [-0.4, -0.2) is 28.2 Å². The molecule has 0 fully saturated rings. The standard InChI is InChI=1S/C12H14N4O2/c1-7(16(2)12(13)18)10-8-5-3-4-6-9(8)11(17)15-14-10/h3-7H,1-2H3,(H2,13,18)(H,15,17). The topological polar surface area (TPSA) is 92.1 Å². The second-order valence-corrected chi connectivity index (χ2v) is 4.11.